The van der Waals surface area contributed by atoms with Crippen LogP contribution in [0.4, 0.5) is 10.5 Å². The Morgan fingerprint density at radius 3 is 2.58 bits per heavy atom. The van der Waals surface area contributed by atoms with Crippen molar-refractivity contribution in [3.63, 3.8) is 0 Å². The minimum Gasteiger partial charge on any atom is -0.508 e. The van der Waals surface area contributed by atoms with Crippen LogP contribution in [0.3, 0.4) is 0 Å². The highest BCUT2D eigenvalue weighted by Gasteiger charge is 2.52. The molecule has 1 amide bonds. The molecular formula is C20H31N3O3. The van der Waals surface area contributed by atoms with Crippen molar-refractivity contribution in [1.82, 2.24) is 10.2 Å². The van der Waals surface area contributed by atoms with Crippen LogP contribution in [-0.2, 0) is 5.41 Å². The third-order valence-electron chi connectivity index (χ3n) is 6.25. The fourth-order valence-corrected chi connectivity index (χ4v) is 4.99. The number of phenolic OH excluding ortho intramolecular Hbond substituents is 1. The summed E-state index contributed by atoms with van der Waals surface area (Å²) in [5.41, 5.74) is 2.72. The van der Waals surface area contributed by atoms with E-state index in [1.165, 1.54) is 30.5 Å². The zero-order chi connectivity index (χ0) is 18.9. The number of likely N-dealkylation sites (N-methyl/N-ethyl adjacent to an activating group) is 2. The number of nitrogens with zero attached hydrogens (tertiary/aromatic N) is 2. The highest BCUT2D eigenvalue weighted by Crippen LogP contribution is 2.51. The van der Waals surface area contributed by atoms with Gasteiger partial charge in [-0.1, -0.05) is 26.2 Å². The number of hydrogen-bond acceptors (Lipinski definition) is 4. The number of likely N-dealkylation sites (tertiary alicyclic amines) is 1. The number of amides is 1. The van der Waals surface area contributed by atoms with Gasteiger partial charge in [0.15, 0.2) is 0 Å². The van der Waals surface area contributed by atoms with E-state index in [1.54, 1.807) is 6.07 Å². The summed E-state index contributed by atoms with van der Waals surface area (Å²) >= 11 is 0. The van der Waals surface area contributed by atoms with E-state index in [9.17, 15) is 9.90 Å². The Hall–Kier alpha value is -1.95. The van der Waals surface area contributed by atoms with Gasteiger partial charge in [0, 0.05) is 30.7 Å². The van der Waals surface area contributed by atoms with E-state index < -0.39 is 6.09 Å². The van der Waals surface area contributed by atoms with Crippen LogP contribution < -0.4 is 10.2 Å². The van der Waals surface area contributed by atoms with E-state index in [0.29, 0.717) is 11.9 Å². The van der Waals surface area contributed by atoms with Gasteiger partial charge in [0.05, 0.1) is 6.17 Å². The van der Waals surface area contributed by atoms with Gasteiger partial charge in [-0.25, -0.2) is 4.79 Å². The quantitative estimate of drug-likeness (QED) is 0.715. The second kappa shape index (κ2) is 7.35. The zero-order valence-electron chi connectivity index (χ0n) is 16.0. The number of phenols is 1. The number of benzene rings is 1. The molecule has 3 aliphatic rings. The van der Waals surface area contributed by atoms with Gasteiger partial charge < -0.3 is 20.4 Å². The van der Waals surface area contributed by atoms with Crippen LogP contribution in [0.25, 0.3) is 0 Å². The number of anilines is 1. The third-order valence-corrected chi connectivity index (χ3v) is 6.25. The lowest BCUT2D eigenvalue weighted by Gasteiger charge is -2.32. The average Bonchev–Trinajstić information content (AvgIpc) is 3.01. The van der Waals surface area contributed by atoms with Gasteiger partial charge in [-0.3, -0.25) is 4.90 Å². The molecule has 2 heterocycles. The van der Waals surface area contributed by atoms with E-state index in [1.807, 2.05) is 12.1 Å². The molecule has 1 aromatic carbocycles. The fraction of sp³-hybridized carbons (Fsp3) is 0.650. The summed E-state index contributed by atoms with van der Waals surface area (Å²) < 4.78 is 0. The smallest absolute Gasteiger partial charge is 0.404 e. The normalized spacial score (nSPS) is 28.1. The minimum absolute atomic E-state index is 0.164. The Morgan fingerprint density at radius 1 is 1.23 bits per heavy atom. The Morgan fingerprint density at radius 2 is 1.92 bits per heavy atom. The van der Waals surface area contributed by atoms with Crippen molar-refractivity contribution in [1.29, 1.82) is 0 Å². The molecule has 0 spiro atoms. The number of fused-ring (bicyclic) bond motifs is 3. The summed E-state index contributed by atoms with van der Waals surface area (Å²) in [6.45, 7) is 3.43. The van der Waals surface area contributed by atoms with Crippen LogP contribution in [0.15, 0.2) is 18.2 Å². The molecule has 144 valence electrons. The number of rotatable bonds is 1. The van der Waals surface area contributed by atoms with Crippen molar-refractivity contribution in [3.8, 4) is 5.75 Å². The molecule has 2 aliphatic heterocycles. The second-order valence-corrected chi connectivity index (χ2v) is 8.12. The van der Waals surface area contributed by atoms with Crippen LogP contribution >= 0.6 is 0 Å². The topological polar surface area (TPSA) is 76.0 Å². The van der Waals surface area contributed by atoms with Crippen molar-refractivity contribution < 1.29 is 15.0 Å². The van der Waals surface area contributed by atoms with E-state index >= 15 is 0 Å². The van der Waals surface area contributed by atoms with E-state index in [4.69, 9.17) is 5.11 Å². The maximum Gasteiger partial charge on any atom is 0.404 e. The molecule has 0 aromatic heterocycles. The first kappa shape index (κ1) is 18.8. The van der Waals surface area contributed by atoms with Crippen LogP contribution in [-0.4, -0.2) is 54.1 Å². The van der Waals surface area contributed by atoms with Crippen LogP contribution in [0.2, 0.25) is 0 Å². The molecule has 6 nitrogen and oxygen atoms in total. The summed E-state index contributed by atoms with van der Waals surface area (Å²) in [6.07, 6.45) is 6.36. The lowest BCUT2D eigenvalue weighted by atomic mass is 9.81. The predicted octanol–water partition coefficient (Wildman–Crippen LogP) is 3.35. The first-order valence-corrected chi connectivity index (χ1v) is 9.59. The number of carboxylic acid groups (broad SMARTS) is 1. The number of aromatic hydroxyl groups is 1. The maximum absolute atomic E-state index is 10.2. The molecule has 2 atom stereocenters. The van der Waals surface area contributed by atoms with E-state index in [-0.39, 0.29) is 11.5 Å². The fourth-order valence-electron chi connectivity index (χ4n) is 4.99. The van der Waals surface area contributed by atoms with Crippen molar-refractivity contribution in [2.24, 2.45) is 0 Å². The lowest BCUT2D eigenvalue weighted by Crippen LogP contribution is -2.45. The SMILES string of the molecule is CN1CC[C@@]2(C)c3cc(O)ccc3N(C)[C@@H]12.O=C(O)NC1CCCCC1. The summed E-state index contributed by atoms with van der Waals surface area (Å²) in [5, 5.41) is 20.5. The summed E-state index contributed by atoms with van der Waals surface area (Å²) in [5.74, 6) is 0.378. The first-order chi connectivity index (χ1) is 12.3. The Labute approximate surface area is 155 Å². The summed E-state index contributed by atoms with van der Waals surface area (Å²) in [4.78, 5) is 14.9. The Bertz CT molecular complexity index is 660. The lowest BCUT2D eigenvalue weighted by molar-refractivity contribution is 0.186. The summed E-state index contributed by atoms with van der Waals surface area (Å²) in [6, 6.07) is 5.97. The third kappa shape index (κ3) is 3.47. The number of nitrogens with one attached hydrogen (secondary N) is 1. The standard InChI is InChI=1S/C13H18N2O.C7H13NO2/c1-13-6-7-14(2)12(13)15(3)11-5-4-9(16)8-10(11)13;9-7(10)8-6-4-2-1-3-5-6/h4-5,8,12,16H,6-7H2,1-3H3;6,8H,1-5H2,(H,9,10)/t12-,13+;/m1./s1. The minimum atomic E-state index is -0.882. The molecule has 0 bridgehead atoms. The monoisotopic (exact) mass is 361 g/mol. The van der Waals surface area contributed by atoms with Crippen LogP contribution in [0.5, 0.6) is 5.75 Å². The molecule has 4 rings (SSSR count). The largest absolute Gasteiger partial charge is 0.508 e. The number of carbonyl (C=O) groups is 1. The molecule has 1 aromatic rings. The molecule has 26 heavy (non-hydrogen) atoms. The molecule has 1 saturated carbocycles. The van der Waals surface area contributed by atoms with Crippen molar-refractivity contribution in [2.75, 3.05) is 25.5 Å². The molecule has 0 unspecified atom stereocenters. The zero-order valence-corrected chi connectivity index (χ0v) is 16.0. The van der Waals surface area contributed by atoms with Crippen molar-refractivity contribution in [3.05, 3.63) is 23.8 Å². The van der Waals surface area contributed by atoms with Gasteiger partial charge in [-0.05, 0) is 50.1 Å². The highest BCUT2D eigenvalue weighted by atomic mass is 16.4. The molecule has 1 aliphatic carbocycles. The van der Waals surface area contributed by atoms with E-state index in [2.05, 4.69) is 36.1 Å². The van der Waals surface area contributed by atoms with Gasteiger partial charge in [0.2, 0.25) is 0 Å². The van der Waals surface area contributed by atoms with Gasteiger partial charge in [-0.15, -0.1) is 0 Å². The molecule has 0 radical (unpaired) electrons. The van der Waals surface area contributed by atoms with Gasteiger partial charge >= 0.3 is 6.09 Å². The molecule has 3 N–H and O–H groups in total. The molecule has 6 heteroatoms. The highest BCUT2D eigenvalue weighted by molar-refractivity contribution is 5.66. The van der Waals surface area contributed by atoms with Gasteiger partial charge in [0.25, 0.3) is 0 Å². The summed E-state index contributed by atoms with van der Waals surface area (Å²) in [7, 11) is 4.33. The maximum atomic E-state index is 10.2. The van der Waals surface area contributed by atoms with E-state index in [0.717, 1.165) is 25.8 Å². The van der Waals surface area contributed by atoms with Gasteiger partial charge in [0.1, 0.15) is 5.75 Å². The first-order valence-electron chi connectivity index (χ1n) is 9.59. The second-order valence-electron chi connectivity index (χ2n) is 8.12. The molecular weight excluding hydrogens is 330 g/mol. The average molecular weight is 361 g/mol. The van der Waals surface area contributed by atoms with Crippen LogP contribution in [0.1, 0.15) is 51.0 Å². The number of hydrogen-bond donors (Lipinski definition) is 3. The van der Waals surface area contributed by atoms with Gasteiger partial charge in [-0.2, -0.15) is 0 Å². The van der Waals surface area contributed by atoms with Crippen LogP contribution in [0, 0.1) is 0 Å². The van der Waals surface area contributed by atoms with Crippen molar-refractivity contribution in [2.45, 2.75) is 63.1 Å². The molecule has 1 saturated heterocycles. The Kier molecular flexibility index (Phi) is 5.32. The Balaban J connectivity index is 0.000000170. The predicted molar refractivity (Wildman–Crippen MR) is 103 cm³/mol. The van der Waals surface area contributed by atoms with Crippen molar-refractivity contribution >= 4 is 11.8 Å². The molecule has 2 fully saturated rings.